The van der Waals surface area contributed by atoms with E-state index in [0.29, 0.717) is 46.2 Å². The molecule has 1 aliphatic heterocycles. The van der Waals surface area contributed by atoms with E-state index in [0.717, 1.165) is 50.0 Å². The van der Waals surface area contributed by atoms with E-state index in [-0.39, 0.29) is 17.3 Å². The van der Waals surface area contributed by atoms with Gasteiger partial charge < -0.3 is 9.55 Å². The Morgan fingerprint density at radius 3 is 2.56 bits per heavy atom. The third-order valence-corrected chi connectivity index (χ3v) is 8.43. The van der Waals surface area contributed by atoms with Gasteiger partial charge in [0, 0.05) is 37.3 Å². The largest absolute Gasteiger partial charge is 0.418 e. The van der Waals surface area contributed by atoms with Gasteiger partial charge in [-0.15, -0.1) is 10.2 Å². The molecule has 1 aliphatic carbocycles. The van der Waals surface area contributed by atoms with Crippen molar-refractivity contribution in [2.24, 2.45) is 13.0 Å². The summed E-state index contributed by atoms with van der Waals surface area (Å²) in [5, 5.41) is 8.13. The zero-order chi connectivity index (χ0) is 29.9. The van der Waals surface area contributed by atoms with Gasteiger partial charge in [0.05, 0.1) is 11.1 Å². The molecule has 2 aliphatic rings. The second-order valence-corrected chi connectivity index (χ2v) is 12.0. The van der Waals surface area contributed by atoms with Crippen LogP contribution < -0.4 is 0 Å². The first-order valence-corrected chi connectivity index (χ1v) is 14.6. The lowest BCUT2D eigenvalue weighted by Gasteiger charge is -2.31. The summed E-state index contributed by atoms with van der Waals surface area (Å²) >= 11 is 0. The van der Waals surface area contributed by atoms with Crippen molar-refractivity contribution in [3.63, 3.8) is 0 Å². The molecule has 0 bridgehead atoms. The highest BCUT2D eigenvalue weighted by atomic mass is 19.4. The maximum absolute atomic E-state index is 14.4. The van der Waals surface area contributed by atoms with E-state index < -0.39 is 17.6 Å². The quantitative estimate of drug-likeness (QED) is 0.210. The molecule has 0 amide bonds. The van der Waals surface area contributed by atoms with E-state index in [1.54, 1.807) is 36.1 Å². The number of likely N-dealkylation sites (tertiary alicyclic amines) is 1. The van der Waals surface area contributed by atoms with Crippen LogP contribution >= 0.6 is 0 Å². The van der Waals surface area contributed by atoms with Crippen LogP contribution in [0.3, 0.4) is 0 Å². The Morgan fingerprint density at radius 1 is 1.00 bits per heavy atom. The molecule has 11 heteroatoms. The molecule has 1 N–H and O–H groups in total. The average molecular weight is 590 g/mol. The van der Waals surface area contributed by atoms with Gasteiger partial charge in [0.2, 0.25) is 0 Å². The molecule has 2 fully saturated rings. The molecule has 7 rings (SSSR count). The molecule has 2 aromatic carbocycles. The molecule has 0 radical (unpaired) electrons. The second kappa shape index (κ2) is 10.6. The Balaban J connectivity index is 1.34. The van der Waals surface area contributed by atoms with Gasteiger partial charge in [-0.05, 0) is 91.2 Å². The predicted molar refractivity (Wildman–Crippen MR) is 155 cm³/mol. The molecule has 3 aromatic heterocycles. The van der Waals surface area contributed by atoms with Gasteiger partial charge in [-0.3, -0.25) is 4.90 Å². The summed E-state index contributed by atoms with van der Waals surface area (Å²) < 4.78 is 59.1. The van der Waals surface area contributed by atoms with Gasteiger partial charge in [0.25, 0.3) is 0 Å². The molecule has 43 heavy (non-hydrogen) atoms. The molecule has 1 saturated carbocycles. The Labute approximate surface area is 246 Å². The van der Waals surface area contributed by atoms with Gasteiger partial charge in [-0.1, -0.05) is 13.0 Å². The minimum Gasteiger partial charge on any atom is -0.337 e. The summed E-state index contributed by atoms with van der Waals surface area (Å²) in [7, 11) is 1.78. The molecule has 5 aromatic rings. The first-order valence-electron chi connectivity index (χ1n) is 14.6. The maximum Gasteiger partial charge on any atom is 0.418 e. The number of hydrogen-bond donors (Lipinski definition) is 1. The highest BCUT2D eigenvalue weighted by Gasteiger charge is 2.35. The summed E-state index contributed by atoms with van der Waals surface area (Å²) in [5.74, 6) is 1.12. The topological polar surface area (TPSA) is 75.5 Å². The summed E-state index contributed by atoms with van der Waals surface area (Å²) in [6, 6.07) is 11.2. The SMILES string of the molecule is CC1CCCN(Cc2cc(C(F)(F)F)c3nc(-c4cc(-c5ccc(F)cc5-c5nncn5C)cc(C5CC5)n4)[nH]c3c2)C1. The second-order valence-electron chi connectivity index (χ2n) is 12.0. The minimum atomic E-state index is -4.57. The van der Waals surface area contributed by atoms with Crippen molar-refractivity contribution in [3.8, 4) is 34.0 Å². The molecule has 222 valence electrons. The number of nitrogens with zero attached hydrogens (tertiary/aromatic N) is 6. The first kappa shape index (κ1) is 27.7. The van der Waals surface area contributed by atoms with Crippen molar-refractivity contribution in [1.82, 2.24) is 34.6 Å². The number of alkyl halides is 3. The molecular formula is C32H31F4N7. The fraction of sp³-hybridized carbons (Fsp3) is 0.375. The molecular weight excluding hydrogens is 558 g/mol. The van der Waals surface area contributed by atoms with E-state index in [1.807, 2.05) is 6.07 Å². The fourth-order valence-corrected chi connectivity index (χ4v) is 6.19. The lowest BCUT2D eigenvalue weighted by molar-refractivity contribution is -0.136. The number of nitrogens with one attached hydrogen (secondary N) is 1. The van der Waals surface area contributed by atoms with Gasteiger partial charge >= 0.3 is 6.18 Å². The fourth-order valence-electron chi connectivity index (χ4n) is 6.19. The normalized spacial score (nSPS) is 18.0. The highest BCUT2D eigenvalue weighted by Crippen LogP contribution is 2.43. The van der Waals surface area contributed by atoms with E-state index >= 15 is 0 Å². The third kappa shape index (κ3) is 5.53. The number of pyridine rings is 1. The monoisotopic (exact) mass is 589 g/mol. The minimum absolute atomic E-state index is 0.125. The van der Waals surface area contributed by atoms with Crippen LogP contribution in [0.15, 0.2) is 48.8 Å². The molecule has 4 heterocycles. The Kier molecular flexibility index (Phi) is 6.80. The number of imidazole rings is 1. The van der Waals surface area contributed by atoms with E-state index in [1.165, 1.54) is 18.2 Å². The van der Waals surface area contributed by atoms with Gasteiger partial charge in [0.1, 0.15) is 23.4 Å². The smallest absolute Gasteiger partial charge is 0.337 e. The van der Waals surface area contributed by atoms with Crippen LogP contribution in [0.1, 0.15) is 55.3 Å². The van der Waals surface area contributed by atoms with Crippen molar-refractivity contribution < 1.29 is 17.6 Å². The van der Waals surface area contributed by atoms with Crippen LogP contribution in [0.25, 0.3) is 45.1 Å². The molecule has 1 unspecified atom stereocenters. The van der Waals surface area contributed by atoms with Crippen molar-refractivity contribution in [2.45, 2.75) is 51.2 Å². The zero-order valence-electron chi connectivity index (χ0n) is 23.9. The van der Waals surface area contributed by atoms with Gasteiger partial charge in [-0.2, -0.15) is 13.2 Å². The lowest BCUT2D eigenvalue weighted by atomic mass is 9.97. The van der Waals surface area contributed by atoms with Crippen LogP contribution in [0.4, 0.5) is 17.6 Å². The van der Waals surface area contributed by atoms with E-state index in [9.17, 15) is 17.6 Å². The zero-order valence-corrected chi connectivity index (χ0v) is 23.9. The Hall–Kier alpha value is -4.12. The number of halogens is 4. The number of rotatable bonds is 6. The number of hydrogen-bond acceptors (Lipinski definition) is 5. The van der Waals surface area contributed by atoms with Crippen molar-refractivity contribution in [1.29, 1.82) is 0 Å². The van der Waals surface area contributed by atoms with Crippen molar-refractivity contribution in [3.05, 3.63) is 71.4 Å². The Morgan fingerprint density at radius 2 is 1.84 bits per heavy atom. The molecule has 1 saturated heterocycles. The molecule has 7 nitrogen and oxygen atoms in total. The van der Waals surface area contributed by atoms with E-state index in [2.05, 4.69) is 32.0 Å². The average Bonchev–Trinajstić information content (AvgIpc) is 3.59. The number of fused-ring (bicyclic) bond motifs is 1. The first-order chi connectivity index (χ1) is 20.6. The lowest BCUT2D eigenvalue weighted by Crippen LogP contribution is -2.33. The third-order valence-electron chi connectivity index (χ3n) is 8.43. The number of benzene rings is 2. The number of aromatic nitrogens is 6. The number of aromatic amines is 1. The summed E-state index contributed by atoms with van der Waals surface area (Å²) in [6.45, 7) is 4.37. The summed E-state index contributed by atoms with van der Waals surface area (Å²) in [4.78, 5) is 14.7. The summed E-state index contributed by atoms with van der Waals surface area (Å²) in [6.07, 6.45) is 1.12. The molecule has 0 spiro atoms. The van der Waals surface area contributed by atoms with Crippen LogP contribution in [-0.2, 0) is 19.8 Å². The van der Waals surface area contributed by atoms with Crippen LogP contribution in [-0.4, -0.2) is 47.7 Å². The van der Waals surface area contributed by atoms with Crippen molar-refractivity contribution in [2.75, 3.05) is 13.1 Å². The van der Waals surface area contributed by atoms with E-state index in [4.69, 9.17) is 4.98 Å². The standard InChI is InChI=1S/C32H31F4N7/c1-18-4-3-9-43(15-18)16-19-10-25(32(34,35)36)29-27(11-19)39-30(40-29)28-13-21(12-26(38-28)20-5-6-20)23-8-7-22(33)14-24(23)31-41-37-17-42(31)2/h7-8,10-14,17-18,20H,3-6,9,15-16H2,1-2H3,(H,39,40). The molecule has 1 atom stereocenters. The van der Waals surface area contributed by atoms with Gasteiger partial charge in [-0.25, -0.2) is 14.4 Å². The summed E-state index contributed by atoms with van der Waals surface area (Å²) in [5.41, 5.74) is 3.33. The van der Waals surface area contributed by atoms with Gasteiger partial charge in [0.15, 0.2) is 11.6 Å². The van der Waals surface area contributed by atoms with Crippen LogP contribution in [0.2, 0.25) is 0 Å². The van der Waals surface area contributed by atoms with Crippen LogP contribution in [0.5, 0.6) is 0 Å². The number of aryl methyl sites for hydroxylation is 1. The Bertz CT molecular complexity index is 1820. The number of H-pyrrole nitrogens is 1. The highest BCUT2D eigenvalue weighted by molar-refractivity contribution is 5.85. The number of piperidine rings is 1. The van der Waals surface area contributed by atoms with Crippen molar-refractivity contribution >= 4 is 11.0 Å². The maximum atomic E-state index is 14.4. The predicted octanol–water partition coefficient (Wildman–Crippen LogP) is 7.35. The van der Waals surface area contributed by atoms with Crippen LogP contribution in [0, 0.1) is 11.7 Å².